The summed E-state index contributed by atoms with van der Waals surface area (Å²) >= 11 is 1.46. The molecule has 0 spiro atoms. The summed E-state index contributed by atoms with van der Waals surface area (Å²) in [6.45, 7) is 1.92. The Hall–Kier alpha value is -1.90. The summed E-state index contributed by atoms with van der Waals surface area (Å²) in [5.41, 5.74) is 2.35. The number of halogens is 1. The maximum absolute atomic E-state index is 13.6. The Bertz CT molecular complexity index is 679. The van der Waals surface area contributed by atoms with Gasteiger partial charge in [-0.15, -0.1) is 0 Å². The predicted molar refractivity (Wildman–Crippen MR) is 81.3 cm³/mol. The van der Waals surface area contributed by atoms with Gasteiger partial charge >= 0.3 is 0 Å². The summed E-state index contributed by atoms with van der Waals surface area (Å²) in [7, 11) is 0. The number of hydrogen-bond acceptors (Lipinski definition) is 4. The number of thioether (sulfide) groups is 1. The van der Waals surface area contributed by atoms with Crippen molar-refractivity contribution in [1.29, 1.82) is 0 Å². The van der Waals surface area contributed by atoms with E-state index in [4.69, 9.17) is 5.11 Å². The smallest absolute Gasteiger partial charge is 0.188 e. The summed E-state index contributed by atoms with van der Waals surface area (Å²) in [5.74, 6) is 5.90. The predicted octanol–water partition coefficient (Wildman–Crippen LogP) is 2.95. The zero-order chi connectivity index (χ0) is 15.1. The van der Waals surface area contributed by atoms with Gasteiger partial charge in [0.05, 0.1) is 6.61 Å². The van der Waals surface area contributed by atoms with Gasteiger partial charge in [-0.05, 0) is 36.8 Å². The van der Waals surface area contributed by atoms with Crippen molar-refractivity contribution in [3.63, 3.8) is 0 Å². The number of benzene rings is 1. The van der Waals surface area contributed by atoms with Crippen LogP contribution in [0.3, 0.4) is 0 Å². The first kappa shape index (κ1) is 15.5. The zero-order valence-electron chi connectivity index (χ0n) is 11.6. The Balaban J connectivity index is 2.08. The molecule has 0 bridgehead atoms. The third kappa shape index (κ3) is 5.18. The van der Waals surface area contributed by atoms with Gasteiger partial charge in [-0.3, -0.25) is 0 Å². The second-order valence-electron chi connectivity index (χ2n) is 4.39. The minimum absolute atomic E-state index is 0.00964. The van der Waals surface area contributed by atoms with Crippen LogP contribution in [-0.2, 0) is 5.75 Å². The van der Waals surface area contributed by atoms with Crippen molar-refractivity contribution in [1.82, 2.24) is 9.97 Å². The van der Waals surface area contributed by atoms with E-state index in [0.29, 0.717) is 22.9 Å². The first-order chi connectivity index (χ1) is 10.2. The lowest BCUT2D eigenvalue weighted by molar-refractivity contribution is 0.305. The third-order valence-electron chi connectivity index (χ3n) is 2.57. The maximum Gasteiger partial charge on any atom is 0.188 e. The summed E-state index contributed by atoms with van der Waals surface area (Å²) in [6.07, 6.45) is 2.10. The molecular formula is C16H15FN2OS. The molecule has 108 valence electrons. The van der Waals surface area contributed by atoms with Gasteiger partial charge in [-0.25, -0.2) is 14.4 Å². The Labute approximate surface area is 127 Å². The van der Waals surface area contributed by atoms with Crippen LogP contribution in [0.2, 0.25) is 0 Å². The third-order valence-corrected chi connectivity index (χ3v) is 3.50. The van der Waals surface area contributed by atoms with Gasteiger partial charge in [0.1, 0.15) is 5.82 Å². The van der Waals surface area contributed by atoms with Crippen molar-refractivity contribution in [2.45, 2.75) is 24.3 Å². The molecule has 0 amide bonds. The molecule has 1 N–H and O–H groups in total. The zero-order valence-corrected chi connectivity index (χ0v) is 12.5. The number of aliphatic hydroxyl groups excluding tert-OH is 1. The van der Waals surface area contributed by atoms with Gasteiger partial charge in [-0.1, -0.05) is 23.6 Å². The molecule has 1 aromatic carbocycles. The molecule has 2 aromatic rings. The molecular weight excluding hydrogens is 287 g/mol. The lowest BCUT2D eigenvalue weighted by Crippen LogP contribution is -1.91. The largest absolute Gasteiger partial charge is 0.395 e. The average Bonchev–Trinajstić information content (AvgIpc) is 2.45. The molecule has 0 aliphatic heterocycles. The molecule has 0 unspecified atom stereocenters. The first-order valence-electron chi connectivity index (χ1n) is 6.49. The minimum Gasteiger partial charge on any atom is -0.395 e. The number of aromatic nitrogens is 2. The van der Waals surface area contributed by atoms with Gasteiger partial charge in [0.2, 0.25) is 0 Å². The highest BCUT2D eigenvalue weighted by molar-refractivity contribution is 7.98. The molecule has 0 atom stereocenters. The van der Waals surface area contributed by atoms with Crippen LogP contribution in [0.15, 0.2) is 35.6 Å². The van der Waals surface area contributed by atoms with Crippen molar-refractivity contribution >= 4 is 11.8 Å². The Kier molecular flexibility index (Phi) is 5.73. The molecule has 0 aliphatic rings. The lowest BCUT2D eigenvalue weighted by atomic mass is 10.1. The molecule has 0 saturated carbocycles. The average molecular weight is 302 g/mol. The Morgan fingerprint density at radius 3 is 2.95 bits per heavy atom. The van der Waals surface area contributed by atoms with Crippen LogP contribution in [0.5, 0.6) is 0 Å². The van der Waals surface area contributed by atoms with Gasteiger partial charge in [-0.2, -0.15) is 0 Å². The van der Waals surface area contributed by atoms with E-state index in [1.165, 1.54) is 23.9 Å². The van der Waals surface area contributed by atoms with Gasteiger partial charge in [0, 0.05) is 29.6 Å². The van der Waals surface area contributed by atoms with E-state index in [1.54, 1.807) is 6.20 Å². The van der Waals surface area contributed by atoms with E-state index in [2.05, 4.69) is 21.8 Å². The molecule has 1 aromatic heterocycles. The van der Waals surface area contributed by atoms with Crippen LogP contribution in [0.1, 0.15) is 23.2 Å². The molecule has 0 aliphatic carbocycles. The van der Waals surface area contributed by atoms with Crippen molar-refractivity contribution in [2.75, 3.05) is 6.61 Å². The number of aryl methyl sites for hydroxylation is 1. The quantitative estimate of drug-likeness (QED) is 0.536. The Morgan fingerprint density at radius 2 is 2.19 bits per heavy atom. The van der Waals surface area contributed by atoms with Crippen LogP contribution < -0.4 is 0 Å². The monoisotopic (exact) mass is 302 g/mol. The molecule has 2 rings (SSSR count). The highest BCUT2D eigenvalue weighted by Gasteiger charge is 2.03. The van der Waals surface area contributed by atoms with Crippen LogP contribution >= 0.6 is 11.8 Å². The van der Waals surface area contributed by atoms with E-state index < -0.39 is 0 Å². The fourth-order valence-electron chi connectivity index (χ4n) is 1.67. The standard InChI is InChI=1S/C16H15FN2OS/c1-12-5-6-18-16(19-12)21-11-14-8-13(4-2-3-7-20)9-15(17)10-14/h5-6,8-10,20H,3,7,11H2,1H3. The second-order valence-corrected chi connectivity index (χ2v) is 5.34. The maximum atomic E-state index is 13.6. The number of rotatable bonds is 4. The van der Waals surface area contributed by atoms with Crippen LogP contribution in [0.25, 0.3) is 0 Å². The van der Waals surface area contributed by atoms with Gasteiger partial charge < -0.3 is 5.11 Å². The lowest BCUT2D eigenvalue weighted by Gasteiger charge is -2.03. The van der Waals surface area contributed by atoms with E-state index in [0.717, 1.165) is 11.3 Å². The summed E-state index contributed by atoms with van der Waals surface area (Å²) in [6, 6.07) is 6.55. The molecule has 1 heterocycles. The number of aliphatic hydroxyl groups is 1. The van der Waals surface area contributed by atoms with Gasteiger partial charge in [0.15, 0.2) is 5.16 Å². The van der Waals surface area contributed by atoms with Crippen LogP contribution in [0.4, 0.5) is 4.39 Å². The molecule has 21 heavy (non-hydrogen) atoms. The second kappa shape index (κ2) is 7.77. The number of nitrogens with zero attached hydrogens (tertiary/aromatic N) is 2. The van der Waals surface area contributed by atoms with Crippen molar-refractivity contribution < 1.29 is 9.50 Å². The fourth-order valence-corrected chi connectivity index (χ4v) is 2.48. The van der Waals surface area contributed by atoms with Crippen molar-refractivity contribution in [2.24, 2.45) is 0 Å². The van der Waals surface area contributed by atoms with Crippen LogP contribution in [0, 0.1) is 24.6 Å². The van der Waals surface area contributed by atoms with Gasteiger partial charge in [0.25, 0.3) is 0 Å². The van der Waals surface area contributed by atoms with E-state index in [1.807, 2.05) is 19.1 Å². The van der Waals surface area contributed by atoms with E-state index >= 15 is 0 Å². The normalized spacial score (nSPS) is 10.0. The highest BCUT2D eigenvalue weighted by atomic mass is 32.2. The molecule has 5 heteroatoms. The van der Waals surface area contributed by atoms with E-state index in [-0.39, 0.29) is 12.4 Å². The Morgan fingerprint density at radius 1 is 1.33 bits per heavy atom. The number of hydrogen-bond donors (Lipinski definition) is 1. The SMILES string of the molecule is Cc1ccnc(SCc2cc(F)cc(C#CCCO)c2)n1. The first-order valence-corrected chi connectivity index (χ1v) is 7.47. The topological polar surface area (TPSA) is 46.0 Å². The summed E-state index contributed by atoms with van der Waals surface area (Å²) in [4.78, 5) is 8.46. The fraction of sp³-hybridized carbons (Fsp3) is 0.250. The molecule has 0 radical (unpaired) electrons. The van der Waals surface area contributed by atoms with Crippen molar-refractivity contribution in [3.05, 3.63) is 53.1 Å². The van der Waals surface area contributed by atoms with Crippen molar-refractivity contribution in [3.8, 4) is 11.8 Å². The van der Waals surface area contributed by atoms with E-state index in [9.17, 15) is 4.39 Å². The minimum atomic E-state index is -0.313. The molecule has 0 saturated heterocycles. The molecule has 0 fully saturated rings. The van der Waals surface area contributed by atoms with Crippen LogP contribution in [-0.4, -0.2) is 21.7 Å². The highest BCUT2D eigenvalue weighted by Crippen LogP contribution is 2.20. The summed E-state index contributed by atoms with van der Waals surface area (Å²) < 4.78 is 13.6. The molecule has 3 nitrogen and oxygen atoms in total. The summed E-state index contributed by atoms with van der Waals surface area (Å²) in [5, 5.41) is 9.37.